The fourth-order valence-corrected chi connectivity index (χ4v) is 1.78. The third kappa shape index (κ3) is 1.82. The van der Waals surface area contributed by atoms with E-state index in [1.54, 1.807) is 6.20 Å². The van der Waals surface area contributed by atoms with Crippen molar-refractivity contribution in [1.29, 1.82) is 0 Å². The van der Waals surface area contributed by atoms with Gasteiger partial charge in [0.2, 0.25) is 0 Å². The Balaban J connectivity index is 3.00. The molecule has 0 saturated carbocycles. The maximum atomic E-state index is 11.9. The lowest BCUT2D eigenvalue weighted by Gasteiger charge is -2.22. The Hall–Kier alpha value is -0.830. The Morgan fingerprint density at radius 3 is 2.21 bits per heavy atom. The quantitative estimate of drug-likeness (QED) is 0.684. The molecule has 1 fully saturated rings. The predicted molar refractivity (Wildman–Crippen MR) is 56.0 cm³/mol. The molecule has 0 unspecified atom stereocenters. The second-order valence-electron chi connectivity index (χ2n) is 4.57. The van der Waals surface area contributed by atoms with Gasteiger partial charge in [0.05, 0.1) is 5.60 Å². The van der Waals surface area contributed by atoms with E-state index < -0.39 is 11.2 Å². The highest BCUT2D eigenvalue weighted by Crippen LogP contribution is 2.38. The minimum absolute atomic E-state index is 0.0726. The van der Waals surface area contributed by atoms with Crippen molar-refractivity contribution >= 4 is 5.78 Å². The summed E-state index contributed by atoms with van der Waals surface area (Å²) < 4.78 is 5.70. The summed E-state index contributed by atoms with van der Waals surface area (Å²) in [5.41, 5.74) is -0.447. The van der Waals surface area contributed by atoms with Crippen molar-refractivity contribution in [3.05, 3.63) is 11.8 Å². The van der Waals surface area contributed by atoms with Crippen molar-refractivity contribution in [2.75, 3.05) is 6.54 Å². The van der Waals surface area contributed by atoms with Gasteiger partial charge in [-0.25, -0.2) is 0 Å². The molecule has 0 bridgehead atoms. The minimum atomic E-state index is -0.690. The highest BCUT2D eigenvalue weighted by Gasteiger charge is 2.49. The lowest BCUT2D eigenvalue weighted by atomic mass is 9.93. The fraction of sp³-hybridized carbons (Fsp3) is 0.727. The molecule has 0 aliphatic carbocycles. The smallest absolute Gasteiger partial charge is 0.194 e. The summed E-state index contributed by atoms with van der Waals surface area (Å²) >= 11 is 0. The van der Waals surface area contributed by atoms with Crippen molar-refractivity contribution in [1.82, 2.24) is 5.32 Å². The van der Waals surface area contributed by atoms with Crippen molar-refractivity contribution in [2.24, 2.45) is 0 Å². The molecule has 14 heavy (non-hydrogen) atoms. The van der Waals surface area contributed by atoms with Crippen molar-refractivity contribution in [3.63, 3.8) is 0 Å². The van der Waals surface area contributed by atoms with Crippen LogP contribution in [0.4, 0.5) is 0 Å². The van der Waals surface area contributed by atoms with E-state index >= 15 is 0 Å². The molecule has 1 saturated heterocycles. The predicted octanol–water partition coefficient (Wildman–Crippen LogP) is 1.64. The van der Waals surface area contributed by atoms with E-state index in [0.717, 1.165) is 12.1 Å². The molecule has 1 N–H and O–H groups in total. The lowest BCUT2D eigenvalue weighted by Crippen LogP contribution is -2.29. The van der Waals surface area contributed by atoms with E-state index in [1.807, 2.05) is 34.6 Å². The number of ketones is 1. The first-order valence-corrected chi connectivity index (χ1v) is 5.00. The molecule has 3 heteroatoms. The molecule has 0 atom stereocenters. The van der Waals surface area contributed by atoms with Crippen LogP contribution in [0.25, 0.3) is 0 Å². The highest BCUT2D eigenvalue weighted by molar-refractivity contribution is 6.04. The van der Waals surface area contributed by atoms with Crippen LogP contribution in [0.5, 0.6) is 0 Å². The number of nitrogens with one attached hydrogen (secondary N) is 1. The van der Waals surface area contributed by atoms with Gasteiger partial charge in [-0.2, -0.15) is 0 Å². The largest absolute Gasteiger partial charge is 0.391 e. The molecule has 1 heterocycles. The third-order valence-corrected chi connectivity index (χ3v) is 2.40. The van der Waals surface area contributed by atoms with Crippen LogP contribution in [0.15, 0.2) is 11.8 Å². The van der Waals surface area contributed by atoms with Gasteiger partial charge in [-0.15, -0.1) is 0 Å². The second kappa shape index (κ2) is 3.39. The molecule has 0 aromatic heterocycles. The highest BCUT2D eigenvalue weighted by atomic mass is 16.5. The Morgan fingerprint density at radius 1 is 1.29 bits per heavy atom. The first-order valence-electron chi connectivity index (χ1n) is 5.00. The van der Waals surface area contributed by atoms with Gasteiger partial charge >= 0.3 is 0 Å². The molecule has 80 valence electrons. The zero-order chi connectivity index (χ0) is 11.0. The van der Waals surface area contributed by atoms with Crippen molar-refractivity contribution in [2.45, 2.75) is 45.8 Å². The molecular weight excluding hydrogens is 178 g/mol. The fourth-order valence-electron chi connectivity index (χ4n) is 1.78. The molecule has 0 spiro atoms. The molecule has 0 amide bonds. The Kier molecular flexibility index (Phi) is 2.72. The van der Waals surface area contributed by atoms with Crippen LogP contribution in [0.3, 0.4) is 0 Å². The van der Waals surface area contributed by atoms with Crippen LogP contribution in [0, 0.1) is 0 Å². The Bertz CT molecular complexity index is 277. The summed E-state index contributed by atoms with van der Waals surface area (Å²) in [5.74, 6) is 0.0726. The van der Waals surface area contributed by atoms with Crippen LogP contribution < -0.4 is 5.32 Å². The van der Waals surface area contributed by atoms with Gasteiger partial charge in [-0.05, 0) is 34.6 Å². The standard InChI is InChI=1S/C11H19NO2/c1-6-12-7-8-9(13)11(4,5)14-10(8,2)3/h7,12H,6H2,1-5H3/b8-7-. The second-order valence-corrected chi connectivity index (χ2v) is 4.57. The van der Waals surface area contributed by atoms with Crippen molar-refractivity contribution < 1.29 is 9.53 Å². The van der Waals surface area contributed by atoms with Crippen LogP contribution in [-0.4, -0.2) is 23.5 Å². The van der Waals surface area contributed by atoms with Gasteiger partial charge in [0, 0.05) is 18.3 Å². The zero-order valence-corrected chi connectivity index (χ0v) is 9.60. The number of rotatable bonds is 2. The summed E-state index contributed by atoms with van der Waals surface area (Å²) in [6.07, 6.45) is 1.77. The number of ether oxygens (including phenoxy) is 1. The molecule has 1 rings (SSSR count). The van der Waals surface area contributed by atoms with Crippen LogP contribution in [-0.2, 0) is 9.53 Å². The van der Waals surface area contributed by atoms with Crippen LogP contribution in [0.1, 0.15) is 34.6 Å². The van der Waals surface area contributed by atoms with Gasteiger partial charge in [-0.1, -0.05) is 0 Å². The molecule has 0 aromatic rings. The summed E-state index contributed by atoms with van der Waals surface area (Å²) in [6.45, 7) is 10.3. The van der Waals surface area contributed by atoms with Gasteiger partial charge in [0.1, 0.15) is 5.60 Å². The van der Waals surface area contributed by atoms with E-state index in [0.29, 0.717) is 0 Å². The van der Waals surface area contributed by atoms with Crippen LogP contribution >= 0.6 is 0 Å². The molecule has 1 aliphatic rings. The number of hydrogen-bond donors (Lipinski definition) is 1. The average Bonchev–Trinajstić information content (AvgIpc) is 2.16. The van der Waals surface area contributed by atoms with Gasteiger partial charge < -0.3 is 10.1 Å². The molecule has 1 aliphatic heterocycles. The Morgan fingerprint density at radius 2 is 1.86 bits per heavy atom. The molecule has 3 nitrogen and oxygen atoms in total. The number of hydrogen-bond acceptors (Lipinski definition) is 3. The first-order chi connectivity index (χ1) is 6.31. The van der Waals surface area contributed by atoms with Gasteiger partial charge in [-0.3, -0.25) is 4.79 Å². The maximum Gasteiger partial charge on any atom is 0.194 e. The van der Waals surface area contributed by atoms with E-state index in [-0.39, 0.29) is 5.78 Å². The number of carbonyl (C=O) groups excluding carboxylic acids is 1. The van der Waals surface area contributed by atoms with E-state index in [9.17, 15) is 4.79 Å². The molecular formula is C11H19NO2. The molecule has 0 radical (unpaired) electrons. The summed E-state index contributed by atoms with van der Waals surface area (Å²) in [4.78, 5) is 11.9. The normalized spacial score (nSPS) is 26.9. The van der Waals surface area contributed by atoms with E-state index in [2.05, 4.69) is 5.32 Å². The number of Topliss-reactive ketones (excluding diaryl/α,β-unsaturated/α-hetero) is 1. The summed E-state index contributed by atoms with van der Waals surface area (Å²) in [7, 11) is 0. The monoisotopic (exact) mass is 197 g/mol. The van der Waals surface area contributed by atoms with E-state index in [1.165, 1.54) is 0 Å². The summed E-state index contributed by atoms with van der Waals surface area (Å²) in [6, 6.07) is 0. The topological polar surface area (TPSA) is 38.3 Å². The molecule has 0 aromatic carbocycles. The lowest BCUT2D eigenvalue weighted by molar-refractivity contribution is -0.132. The summed E-state index contributed by atoms with van der Waals surface area (Å²) in [5, 5.41) is 3.05. The maximum absolute atomic E-state index is 11.9. The average molecular weight is 197 g/mol. The van der Waals surface area contributed by atoms with Crippen molar-refractivity contribution in [3.8, 4) is 0 Å². The van der Waals surface area contributed by atoms with Gasteiger partial charge in [0.15, 0.2) is 5.78 Å². The SMILES string of the molecule is CCN/C=C1/C(=O)C(C)(C)OC1(C)C. The zero-order valence-electron chi connectivity index (χ0n) is 9.60. The van der Waals surface area contributed by atoms with E-state index in [4.69, 9.17) is 4.74 Å². The first kappa shape index (κ1) is 11.2. The minimum Gasteiger partial charge on any atom is -0.391 e. The van der Waals surface area contributed by atoms with Gasteiger partial charge in [0.25, 0.3) is 0 Å². The Labute approximate surface area is 85.5 Å². The van der Waals surface area contributed by atoms with Crippen LogP contribution in [0.2, 0.25) is 0 Å². The third-order valence-electron chi connectivity index (χ3n) is 2.40. The number of carbonyl (C=O) groups is 1.